The summed E-state index contributed by atoms with van der Waals surface area (Å²) >= 11 is 0. The summed E-state index contributed by atoms with van der Waals surface area (Å²) in [4.78, 5) is 51.6. The summed E-state index contributed by atoms with van der Waals surface area (Å²) in [5.74, 6) is -3.03. The van der Waals surface area contributed by atoms with Gasteiger partial charge in [-0.25, -0.2) is 4.39 Å². The highest BCUT2D eigenvalue weighted by atomic mass is 19.1. The quantitative estimate of drug-likeness (QED) is 0.709. The van der Waals surface area contributed by atoms with Crippen molar-refractivity contribution >= 4 is 29.3 Å². The molecule has 27 heavy (non-hydrogen) atoms. The zero-order valence-corrected chi connectivity index (χ0v) is 14.8. The number of hydrogen-bond donors (Lipinski definition) is 2. The van der Waals surface area contributed by atoms with Crippen LogP contribution >= 0.6 is 0 Å². The van der Waals surface area contributed by atoms with Gasteiger partial charge in [0.2, 0.25) is 11.8 Å². The number of benzene rings is 1. The lowest BCUT2D eigenvalue weighted by Crippen LogP contribution is -2.54. The van der Waals surface area contributed by atoms with Gasteiger partial charge in [-0.1, -0.05) is 0 Å². The van der Waals surface area contributed by atoms with Crippen molar-refractivity contribution in [1.29, 1.82) is 0 Å². The molecule has 2 fully saturated rings. The maximum atomic E-state index is 14.7. The maximum Gasteiger partial charge on any atom is 0.262 e. The number of piperazine rings is 1. The number of amides is 4. The monoisotopic (exact) mass is 374 g/mol. The molecule has 8 nitrogen and oxygen atoms in total. The molecule has 1 unspecified atom stereocenters. The van der Waals surface area contributed by atoms with Crippen LogP contribution in [0, 0.1) is 5.82 Å². The number of imide groups is 2. The average molecular weight is 374 g/mol. The van der Waals surface area contributed by atoms with E-state index in [9.17, 15) is 23.6 Å². The molecule has 0 saturated carbocycles. The highest BCUT2D eigenvalue weighted by molar-refractivity contribution is 6.23. The highest BCUT2D eigenvalue weighted by Gasteiger charge is 2.45. The normalized spacial score (nSPS) is 25.7. The van der Waals surface area contributed by atoms with Gasteiger partial charge in [0.25, 0.3) is 11.8 Å². The highest BCUT2D eigenvalue weighted by Crippen LogP contribution is 2.32. The zero-order chi connectivity index (χ0) is 19.3. The third-order valence-electron chi connectivity index (χ3n) is 5.22. The first kappa shape index (κ1) is 17.6. The van der Waals surface area contributed by atoms with Gasteiger partial charge in [0.05, 0.1) is 16.8 Å². The Bertz CT molecular complexity index is 871. The summed E-state index contributed by atoms with van der Waals surface area (Å²) < 4.78 is 14.7. The number of carbonyl (C=O) groups is 4. The molecule has 0 spiro atoms. The van der Waals surface area contributed by atoms with Crippen LogP contribution in [-0.2, 0) is 9.59 Å². The van der Waals surface area contributed by atoms with Gasteiger partial charge in [0.1, 0.15) is 11.9 Å². The van der Waals surface area contributed by atoms with Crippen LogP contribution in [0.2, 0.25) is 0 Å². The molecule has 3 heterocycles. The van der Waals surface area contributed by atoms with E-state index in [4.69, 9.17) is 0 Å². The Morgan fingerprint density at radius 1 is 1.11 bits per heavy atom. The van der Waals surface area contributed by atoms with Gasteiger partial charge in [-0.15, -0.1) is 0 Å². The molecule has 2 atom stereocenters. The molecule has 142 valence electrons. The van der Waals surface area contributed by atoms with Gasteiger partial charge in [-0.3, -0.25) is 29.4 Å². The van der Waals surface area contributed by atoms with Gasteiger partial charge in [-0.2, -0.15) is 0 Å². The Kier molecular flexibility index (Phi) is 4.18. The first-order valence-electron chi connectivity index (χ1n) is 8.90. The van der Waals surface area contributed by atoms with Gasteiger partial charge >= 0.3 is 0 Å². The molecule has 2 N–H and O–H groups in total. The van der Waals surface area contributed by atoms with Crippen molar-refractivity contribution in [2.45, 2.75) is 31.8 Å². The predicted molar refractivity (Wildman–Crippen MR) is 92.7 cm³/mol. The van der Waals surface area contributed by atoms with Crippen LogP contribution in [0.1, 0.15) is 40.5 Å². The predicted octanol–water partition coefficient (Wildman–Crippen LogP) is 0.0250. The fourth-order valence-electron chi connectivity index (χ4n) is 3.87. The van der Waals surface area contributed by atoms with Crippen molar-refractivity contribution < 1.29 is 23.6 Å². The summed E-state index contributed by atoms with van der Waals surface area (Å²) in [6.45, 7) is 3.83. The first-order valence-corrected chi connectivity index (χ1v) is 8.90. The van der Waals surface area contributed by atoms with E-state index in [1.807, 2.05) is 11.8 Å². The van der Waals surface area contributed by atoms with E-state index in [1.54, 1.807) is 0 Å². The second kappa shape index (κ2) is 6.41. The van der Waals surface area contributed by atoms with Crippen molar-refractivity contribution in [1.82, 2.24) is 15.5 Å². The van der Waals surface area contributed by atoms with E-state index >= 15 is 0 Å². The number of fused-ring (bicyclic) bond motifs is 1. The van der Waals surface area contributed by atoms with Gasteiger partial charge in [0, 0.05) is 32.1 Å². The van der Waals surface area contributed by atoms with Crippen LogP contribution in [0.4, 0.5) is 10.1 Å². The molecule has 2 saturated heterocycles. The van der Waals surface area contributed by atoms with Crippen molar-refractivity contribution in [2.75, 3.05) is 24.5 Å². The standard InChI is InChI=1S/C18H19FN4O4/c1-9-8-22(5-4-20-9)14-7-11-10(6-12(14)19)17(26)23(18(11)27)13-2-3-15(24)21-16(13)25/h6-7,9,13,20H,2-5,8H2,1H3,(H,21,24,25)/t9-,13?/m0/s1. The van der Waals surface area contributed by atoms with Crippen LogP contribution in [0.5, 0.6) is 0 Å². The van der Waals surface area contributed by atoms with Crippen LogP contribution in [0.15, 0.2) is 12.1 Å². The number of nitrogens with zero attached hydrogens (tertiary/aromatic N) is 2. The van der Waals surface area contributed by atoms with Crippen LogP contribution in [0.3, 0.4) is 0 Å². The summed E-state index contributed by atoms with van der Waals surface area (Å²) in [6, 6.07) is 1.59. The van der Waals surface area contributed by atoms with Crippen molar-refractivity contribution in [3.8, 4) is 0 Å². The van der Waals surface area contributed by atoms with Gasteiger partial charge < -0.3 is 10.2 Å². The number of rotatable bonds is 2. The number of piperidine rings is 1. The van der Waals surface area contributed by atoms with Crippen LogP contribution in [0.25, 0.3) is 0 Å². The Labute approximate surface area is 154 Å². The number of halogens is 1. The van der Waals surface area contributed by atoms with E-state index in [0.29, 0.717) is 19.6 Å². The number of carbonyl (C=O) groups excluding carboxylic acids is 4. The van der Waals surface area contributed by atoms with Crippen molar-refractivity contribution in [3.63, 3.8) is 0 Å². The Morgan fingerprint density at radius 2 is 1.81 bits per heavy atom. The van der Waals surface area contributed by atoms with Crippen LogP contribution in [-0.4, -0.2) is 60.2 Å². The zero-order valence-electron chi connectivity index (χ0n) is 14.8. The molecule has 1 aromatic rings. The van der Waals surface area contributed by atoms with Crippen molar-refractivity contribution in [3.05, 3.63) is 29.1 Å². The molecule has 9 heteroatoms. The largest absolute Gasteiger partial charge is 0.366 e. The van der Waals surface area contributed by atoms with Gasteiger partial charge in [0.15, 0.2) is 0 Å². The molecule has 3 aliphatic heterocycles. The van der Waals surface area contributed by atoms with E-state index < -0.39 is 35.5 Å². The second-order valence-electron chi connectivity index (χ2n) is 7.10. The summed E-state index contributed by atoms with van der Waals surface area (Å²) in [6.07, 6.45) is 0.114. The lowest BCUT2D eigenvalue weighted by molar-refractivity contribution is -0.136. The molecule has 0 bridgehead atoms. The third kappa shape index (κ3) is 2.87. The Balaban J connectivity index is 1.67. The summed E-state index contributed by atoms with van der Waals surface area (Å²) in [5.41, 5.74) is 0.315. The summed E-state index contributed by atoms with van der Waals surface area (Å²) in [5, 5.41) is 5.40. The molecule has 3 aliphatic rings. The molecular weight excluding hydrogens is 355 g/mol. The minimum atomic E-state index is -1.05. The number of anilines is 1. The molecule has 0 aromatic heterocycles. The van der Waals surface area contributed by atoms with E-state index in [1.165, 1.54) is 6.07 Å². The van der Waals surface area contributed by atoms with Gasteiger partial charge in [-0.05, 0) is 25.5 Å². The smallest absolute Gasteiger partial charge is 0.262 e. The Morgan fingerprint density at radius 3 is 2.48 bits per heavy atom. The van der Waals surface area contributed by atoms with E-state index in [0.717, 1.165) is 11.0 Å². The SMILES string of the molecule is C[C@H]1CN(c2cc3c(cc2F)C(=O)N(C2CCC(=O)NC2=O)C3=O)CCN1. The van der Waals surface area contributed by atoms with Crippen LogP contribution < -0.4 is 15.5 Å². The topological polar surface area (TPSA) is 98.8 Å². The lowest BCUT2D eigenvalue weighted by Gasteiger charge is -2.34. The fourth-order valence-corrected chi connectivity index (χ4v) is 3.87. The van der Waals surface area contributed by atoms with E-state index in [-0.39, 0.29) is 35.7 Å². The number of hydrogen-bond acceptors (Lipinski definition) is 6. The average Bonchev–Trinajstić information content (AvgIpc) is 2.85. The number of nitrogens with one attached hydrogen (secondary N) is 2. The first-order chi connectivity index (χ1) is 12.9. The molecule has 1 aromatic carbocycles. The minimum Gasteiger partial charge on any atom is -0.366 e. The molecular formula is C18H19FN4O4. The second-order valence-corrected chi connectivity index (χ2v) is 7.10. The molecule has 0 radical (unpaired) electrons. The van der Waals surface area contributed by atoms with E-state index in [2.05, 4.69) is 10.6 Å². The third-order valence-corrected chi connectivity index (χ3v) is 5.22. The minimum absolute atomic E-state index is 0.0437. The maximum absolute atomic E-state index is 14.7. The lowest BCUT2D eigenvalue weighted by atomic mass is 10.0. The molecule has 0 aliphatic carbocycles. The fraction of sp³-hybridized carbons (Fsp3) is 0.444. The summed E-state index contributed by atoms with van der Waals surface area (Å²) in [7, 11) is 0. The molecule has 4 amide bonds. The van der Waals surface area contributed by atoms with Crippen molar-refractivity contribution in [2.24, 2.45) is 0 Å². The molecule has 4 rings (SSSR count). The Hall–Kier alpha value is -2.81.